The highest BCUT2D eigenvalue weighted by Gasteiger charge is 2.50. The molecule has 0 radical (unpaired) electrons. The van der Waals surface area contributed by atoms with Gasteiger partial charge in [-0.2, -0.15) is 0 Å². The minimum atomic E-state index is -0.355. The van der Waals surface area contributed by atoms with Crippen molar-refractivity contribution in [2.24, 2.45) is 23.7 Å². The first-order chi connectivity index (χ1) is 13.6. The van der Waals surface area contributed by atoms with Crippen LogP contribution in [0.2, 0.25) is 0 Å². The second-order valence-corrected chi connectivity index (χ2v) is 7.69. The Kier molecular flexibility index (Phi) is 3.79. The summed E-state index contributed by atoms with van der Waals surface area (Å²) in [5.41, 5.74) is 0. The van der Waals surface area contributed by atoms with Gasteiger partial charge in [-0.05, 0) is 37.8 Å². The highest BCUT2D eigenvalue weighted by molar-refractivity contribution is 6.23. The van der Waals surface area contributed by atoms with E-state index in [1.807, 2.05) is 24.3 Å². The Morgan fingerprint density at radius 3 is 1.25 bits per heavy atom. The lowest BCUT2D eigenvalue weighted by molar-refractivity contribution is -0.124. The number of carbonyl (C=O) groups excluding carboxylic acids is 4. The number of anilines is 2. The van der Waals surface area contributed by atoms with Gasteiger partial charge in [0.1, 0.15) is 11.6 Å². The lowest BCUT2D eigenvalue weighted by Crippen LogP contribution is -2.34. The van der Waals surface area contributed by atoms with Gasteiger partial charge in [-0.3, -0.25) is 19.2 Å². The number of hydrogen-bond acceptors (Lipinski definition) is 5. The lowest BCUT2D eigenvalue weighted by atomic mass is 9.85. The average molecular weight is 377 g/mol. The average Bonchev–Trinajstić information content (AvgIpc) is 3.13. The summed E-state index contributed by atoms with van der Waals surface area (Å²) in [6, 6.07) is 4.77. The van der Waals surface area contributed by atoms with Crippen LogP contribution in [0.5, 0.6) is 0 Å². The maximum Gasteiger partial charge on any atom is 0.239 e. The molecule has 3 heterocycles. The highest BCUT2D eigenvalue weighted by atomic mass is 16.2. The minimum Gasteiger partial charge on any atom is -0.274 e. The van der Waals surface area contributed by atoms with Crippen LogP contribution in [0, 0.1) is 23.7 Å². The van der Waals surface area contributed by atoms with Gasteiger partial charge in [-0.25, -0.2) is 14.8 Å². The molecule has 7 heteroatoms. The van der Waals surface area contributed by atoms with Crippen LogP contribution >= 0.6 is 0 Å². The monoisotopic (exact) mass is 377 g/mol. The second kappa shape index (κ2) is 6.22. The molecule has 2 aliphatic carbocycles. The van der Waals surface area contributed by atoms with Crippen LogP contribution in [0.1, 0.15) is 25.7 Å². The normalized spacial score (nSPS) is 31.6. The van der Waals surface area contributed by atoms with E-state index in [1.54, 1.807) is 18.2 Å². The van der Waals surface area contributed by atoms with Gasteiger partial charge in [-0.15, -0.1) is 0 Å². The van der Waals surface area contributed by atoms with E-state index in [-0.39, 0.29) is 58.9 Å². The van der Waals surface area contributed by atoms with E-state index in [1.165, 1.54) is 0 Å². The van der Waals surface area contributed by atoms with Gasteiger partial charge in [-0.1, -0.05) is 30.4 Å². The van der Waals surface area contributed by atoms with E-state index >= 15 is 0 Å². The van der Waals surface area contributed by atoms with Crippen LogP contribution in [0.15, 0.2) is 42.5 Å². The standard InChI is InChI=1S/C21H19N3O4/c25-18-12-6-1-2-7-13(12)19(26)23(18)16-10-5-11-17(22-16)24-20(27)14-8-3-4-9-15(14)21(24)28/h1-5,10-15H,6-9H2/t12-,13-,14-,15-/m1/s1. The first-order valence-electron chi connectivity index (χ1n) is 9.60. The first kappa shape index (κ1) is 17.0. The molecule has 142 valence electrons. The molecule has 4 atom stereocenters. The Bertz CT molecular complexity index is 841. The SMILES string of the molecule is O=C1[C@@H]2CC=CC[C@H]2C(=O)N1c1cccc(N2C(=O)[C@@H]3CC=CC[C@H]3C2=O)n1. The zero-order valence-corrected chi connectivity index (χ0v) is 15.2. The quantitative estimate of drug-likeness (QED) is 0.581. The molecular formula is C21H19N3O4. The maximum absolute atomic E-state index is 12.8. The third-order valence-corrected chi connectivity index (χ3v) is 6.19. The zero-order valence-electron chi connectivity index (χ0n) is 15.2. The van der Waals surface area contributed by atoms with Gasteiger partial charge < -0.3 is 0 Å². The molecule has 7 nitrogen and oxygen atoms in total. The Balaban J connectivity index is 1.48. The van der Waals surface area contributed by atoms with Crippen LogP contribution in [0.3, 0.4) is 0 Å². The van der Waals surface area contributed by atoms with E-state index in [0.717, 1.165) is 9.80 Å². The Hall–Kier alpha value is -3.09. The minimum absolute atomic E-state index is 0.176. The fraction of sp³-hybridized carbons (Fsp3) is 0.381. The van der Waals surface area contributed by atoms with Crippen molar-refractivity contribution in [2.75, 3.05) is 9.80 Å². The summed E-state index contributed by atoms with van der Waals surface area (Å²) in [6.07, 6.45) is 9.90. The van der Waals surface area contributed by atoms with E-state index in [2.05, 4.69) is 4.98 Å². The molecule has 0 unspecified atom stereocenters. The molecule has 0 aromatic carbocycles. The van der Waals surface area contributed by atoms with Crippen molar-refractivity contribution in [3.05, 3.63) is 42.5 Å². The number of amides is 4. The number of nitrogens with zero attached hydrogens (tertiary/aromatic N) is 3. The summed E-state index contributed by atoms with van der Waals surface area (Å²) in [5, 5.41) is 0. The number of imide groups is 2. The van der Waals surface area contributed by atoms with Gasteiger partial charge in [0.15, 0.2) is 0 Å². The number of carbonyl (C=O) groups is 4. The van der Waals surface area contributed by atoms with E-state index in [9.17, 15) is 19.2 Å². The molecule has 0 spiro atoms. The van der Waals surface area contributed by atoms with Crippen molar-refractivity contribution >= 4 is 35.3 Å². The molecule has 1 aromatic rings. The Labute approximate surface area is 161 Å². The predicted octanol–water partition coefficient (Wildman–Crippen LogP) is 1.99. The summed E-state index contributed by atoms with van der Waals surface area (Å²) in [4.78, 5) is 57.8. The van der Waals surface area contributed by atoms with Crippen molar-refractivity contribution in [3.63, 3.8) is 0 Å². The number of hydrogen-bond donors (Lipinski definition) is 0. The molecule has 0 bridgehead atoms. The first-order valence-corrected chi connectivity index (χ1v) is 9.60. The molecule has 4 amide bonds. The van der Waals surface area contributed by atoms with Crippen molar-refractivity contribution in [2.45, 2.75) is 25.7 Å². The van der Waals surface area contributed by atoms with Gasteiger partial charge in [0.2, 0.25) is 23.6 Å². The van der Waals surface area contributed by atoms with Gasteiger partial charge >= 0.3 is 0 Å². The van der Waals surface area contributed by atoms with Crippen molar-refractivity contribution in [1.82, 2.24) is 4.98 Å². The van der Waals surface area contributed by atoms with Crippen molar-refractivity contribution < 1.29 is 19.2 Å². The third kappa shape index (κ3) is 2.32. The number of aromatic nitrogens is 1. The predicted molar refractivity (Wildman–Crippen MR) is 99.9 cm³/mol. The van der Waals surface area contributed by atoms with Crippen LogP contribution in [-0.2, 0) is 19.2 Å². The van der Waals surface area contributed by atoms with Crippen molar-refractivity contribution in [1.29, 1.82) is 0 Å². The van der Waals surface area contributed by atoms with E-state index in [4.69, 9.17) is 0 Å². The number of pyridine rings is 1. The summed E-state index contributed by atoms with van der Waals surface area (Å²) in [7, 11) is 0. The van der Waals surface area contributed by atoms with Crippen LogP contribution in [0.4, 0.5) is 11.6 Å². The molecule has 0 saturated carbocycles. The van der Waals surface area contributed by atoms with Crippen LogP contribution in [-0.4, -0.2) is 28.6 Å². The third-order valence-electron chi connectivity index (χ3n) is 6.19. The van der Waals surface area contributed by atoms with Gasteiger partial charge in [0.05, 0.1) is 23.7 Å². The largest absolute Gasteiger partial charge is 0.274 e. The fourth-order valence-electron chi connectivity index (χ4n) is 4.71. The second-order valence-electron chi connectivity index (χ2n) is 7.69. The molecule has 4 aliphatic rings. The zero-order chi connectivity index (χ0) is 19.4. The molecule has 5 rings (SSSR count). The summed E-state index contributed by atoms with van der Waals surface area (Å²) in [5.74, 6) is -2.12. The summed E-state index contributed by atoms with van der Waals surface area (Å²) in [6.45, 7) is 0. The number of allylic oxidation sites excluding steroid dienone is 4. The summed E-state index contributed by atoms with van der Waals surface area (Å²) >= 11 is 0. The fourth-order valence-corrected chi connectivity index (χ4v) is 4.71. The van der Waals surface area contributed by atoms with E-state index < -0.39 is 0 Å². The lowest BCUT2D eigenvalue weighted by Gasteiger charge is -2.18. The molecule has 2 aliphatic heterocycles. The molecule has 2 fully saturated rings. The van der Waals surface area contributed by atoms with Crippen LogP contribution < -0.4 is 9.80 Å². The number of fused-ring (bicyclic) bond motifs is 2. The maximum atomic E-state index is 12.8. The topological polar surface area (TPSA) is 87.7 Å². The smallest absolute Gasteiger partial charge is 0.239 e. The van der Waals surface area contributed by atoms with Crippen LogP contribution in [0.25, 0.3) is 0 Å². The van der Waals surface area contributed by atoms with Crippen molar-refractivity contribution in [3.8, 4) is 0 Å². The Morgan fingerprint density at radius 2 is 0.929 bits per heavy atom. The molecule has 0 N–H and O–H groups in total. The Morgan fingerprint density at radius 1 is 0.607 bits per heavy atom. The number of rotatable bonds is 2. The molecule has 2 saturated heterocycles. The van der Waals surface area contributed by atoms with Gasteiger partial charge in [0.25, 0.3) is 0 Å². The molecule has 28 heavy (non-hydrogen) atoms. The molecule has 1 aromatic heterocycles. The van der Waals surface area contributed by atoms with E-state index in [0.29, 0.717) is 25.7 Å². The van der Waals surface area contributed by atoms with Gasteiger partial charge in [0, 0.05) is 0 Å². The highest BCUT2D eigenvalue weighted by Crippen LogP contribution is 2.39. The molecular weight excluding hydrogens is 358 g/mol. The summed E-state index contributed by atoms with van der Waals surface area (Å²) < 4.78 is 0.